The number of nitro benzene ring substituents is 1. The van der Waals surface area contributed by atoms with E-state index in [2.05, 4.69) is 9.89 Å². The lowest BCUT2D eigenvalue weighted by molar-refractivity contribution is -0.384. The summed E-state index contributed by atoms with van der Waals surface area (Å²) in [6.07, 6.45) is 0.525. The van der Waals surface area contributed by atoms with Gasteiger partial charge in [0.1, 0.15) is 12.1 Å². The van der Waals surface area contributed by atoms with Crippen molar-refractivity contribution < 1.29 is 15.1 Å². The summed E-state index contributed by atoms with van der Waals surface area (Å²) >= 11 is 11.7. The number of aryl methyl sites for hydroxylation is 1. The summed E-state index contributed by atoms with van der Waals surface area (Å²) in [6.45, 7) is 2.96. The lowest BCUT2D eigenvalue weighted by atomic mass is 10.0. The number of nitro groups is 1. The van der Waals surface area contributed by atoms with E-state index in [1.807, 2.05) is 25.1 Å². The number of aliphatic hydroxyl groups is 2. The molecule has 0 aliphatic rings. The van der Waals surface area contributed by atoms with Crippen molar-refractivity contribution >= 4 is 40.8 Å². The Morgan fingerprint density at radius 2 is 1.80 bits per heavy atom. The number of anilines is 1. The van der Waals surface area contributed by atoms with Crippen LogP contribution in [0.1, 0.15) is 22.8 Å². The Kier molecular flexibility index (Phi) is 9.52. The molecular formula is C21H25Cl2N3O4. The van der Waals surface area contributed by atoms with Crippen LogP contribution < -0.4 is 4.90 Å². The van der Waals surface area contributed by atoms with Gasteiger partial charge in [-0.3, -0.25) is 15.1 Å². The minimum atomic E-state index is -1.09. The van der Waals surface area contributed by atoms with Crippen LogP contribution in [-0.4, -0.2) is 58.8 Å². The Balaban J connectivity index is 2.16. The van der Waals surface area contributed by atoms with Crippen molar-refractivity contribution in [2.75, 3.05) is 36.4 Å². The number of aliphatic hydroxyl groups excluding tert-OH is 2. The summed E-state index contributed by atoms with van der Waals surface area (Å²) in [5.74, 6) is 0.996. The molecule has 7 nitrogen and oxygen atoms in total. The van der Waals surface area contributed by atoms with Crippen LogP contribution in [0.25, 0.3) is 0 Å². The molecule has 0 heterocycles. The summed E-state index contributed by atoms with van der Waals surface area (Å²) in [7, 11) is 0. The van der Waals surface area contributed by atoms with E-state index in [9.17, 15) is 20.3 Å². The molecule has 2 rings (SSSR count). The zero-order valence-corrected chi connectivity index (χ0v) is 18.1. The molecule has 9 heteroatoms. The summed E-state index contributed by atoms with van der Waals surface area (Å²) in [4.78, 5) is 16.7. The molecule has 0 radical (unpaired) electrons. The highest BCUT2D eigenvalue weighted by atomic mass is 35.5. The van der Waals surface area contributed by atoms with Gasteiger partial charge in [0.15, 0.2) is 0 Å². The number of hydrogen-bond acceptors (Lipinski definition) is 6. The average molecular weight is 454 g/mol. The van der Waals surface area contributed by atoms with Crippen molar-refractivity contribution in [1.29, 1.82) is 0 Å². The van der Waals surface area contributed by atoms with E-state index in [0.717, 1.165) is 16.8 Å². The van der Waals surface area contributed by atoms with Crippen molar-refractivity contribution in [3.63, 3.8) is 0 Å². The third kappa shape index (κ3) is 6.40. The molecule has 0 saturated carbocycles. The van der Waals surface area contributed by atoms with Crippen molar-refractivity contribution in [3.05, 3.63) is 69.3 Å². The first-order chi connectivity index (χ1) is 14.4. The molecule has 30 heavy (non-hydrogen) atoms. The van der Waals surface area contributed by atoms with E-state index in [1.54, 1.807) is 6.21 Å². The fourth-order valence-corrected chi connectivity index (χ4v) is 3.40. The van der Waals surface area contributed by atoms with Gasteiger partial charge in [-0.15, -0.1) is 23.2 Å². The Morgan fingerprint density at radius 1 is 1.17 bits per heavy atom. The van der Waals surface area contributed by atoms with Gasteiger partial charge in [-0.1, -0.05) is 6.07 Å². The number of benzene rings is 2. The Hall–Kier alpha value is -2.19. The quantitative estimate of drug-likeness (QED) is 0.234. The molecule has 0 aliphatic heterocycles. The van der Waals surface area contributed by atoms with Gasteiger partial charge in [-0.05, 0) is 47.9 Å². The predicted octanol–water partition coefficient (Wildman–Crippen LogP) is 3.70. The number of hydrogen-bond donors (Lipinski definition) is 2. The first-order valence-electron chi connectivity index (χ1n) is 9.45. The Morgan fingerprint density at radius 3 is 2.30 bits per heavy atom. The van der Waals surface area contributed by atoms with Gasteiger partial charge in [0, 0.05) is 48.9 Å². The van der Waals surface area contributed by atoms with E-state index in [-0.39, 0.29) is 12.3 Å². The second-order valence-corrected chi connectivity index (χ2v) is 7.48. The highest BCUT2D eigenvalue weighted by Gasteiger charge is 2.20. The molecule has 0 amide bonds. The minimum absolute atomic E-state index is 0.0666. The van der Waals surface area contributed by atoms with E-state index >= 15 is 0 Å². The molecule has 0 aromatic heterocycles. The molecule has 0 fully saturated rings. The topological polar surface area (TPSA) is 99.2 Å². The lowest BCUT2D eigenvalue weighted by Crippen LogP contribution is -2.27. The fourth-order valence-electron chi connectivity index (χ4n) is 3.00. The van der Waals surface area contributed by atoms with E-state index in [4.69, 9.17) is 23.2 Å². The zero-order valence-electron chi connectivity index (χ0n) is 16.6. The maximum Gasteiger partial charge on any atom is 0.269 e. The minimum Gasteiger partial charge on any atom is -0.394 e. The second-order valence-electron chi connectivity index (χ2n) is 6.73. The molecule has 0 saturated heterocycles. The van der Waals surface area contributed by atoms with Gasteiger partial charge in [0.05, 0.1) is 11.5 Å². The van der Waals surface area contributed by atoms with Gasteiger partial charge >= 0.3 is 0 Å². The average Bonchev–Trinajstić information content (AvgIpc) is 2.74. The van der Waals surface area contributed by atoms with Crippen LogP contribution in [-0.2, 0) is 0 Å². The van der Waals surface area contributed by atoms with Crippen molar-refractivity contribution in [1.82, 2.24) is 0 Å². The highest BCUT2D eigenvalue weighted by molar-refractivity contribution is 6.18. The summed E-state index contributed by atoms with van der Waals surface area (Å²) in [5.41, 5.74) is 3.22. The third-order valence-electron chi connectivity index (χ3n) is 4.73. The van der Waals surface area contributed by atoms with Gasteiger partial charge in [0.25, 0.3) is 5.69 Å². The van der Waals surface area contributed by atoms with Crippen LogP contribution in [0.4, 0.5) is 11.4 Å². The smallest absolute Gasteiger partial charge is 0.269 e. The second kappa shape index (κ2) is 11.9. The standard InChI is InChI=1S/C21H25Cl2N3O4/c1-15-12-19(25(10-8-22)11-9-23)7-4-17(15)13-24-20(14-27)21(28)16-2-5-18(6-3-16)26(29)30/h2-7,12-13,20-21,27-28H,8-11,14H2,1H3/t20-,21+/m0/s1. The molecule has 2 N–H and O–H groups in total. The van der Waals surface area contributed by atoms with Gasteiger partial charge < -0.3 is 15.1 Å². The Bertz CT molecular complexity index is 856. The molecule has 0 bridgehead atoms. The van der Waals surface area contributed by atoms with Crippen molar-refractivity contribution in [2.24, 2.45) is 4.99 Å². The van der Waals surface area contributed by atoms with Crippen LogP contribution in [0.5, 0.6) is 0 Å². The van der Waals surface area contributed by atoms with Crippen LogP contribution in [0.2, 0.25) is 0 Å². The normalized spacial score (nSPS) is 13.4. The summed E-state index contributed by atoms with van der Waals surface area (Å²) < 4.78 is 0. The predicted molar refractivity (Wildman–Crippen MR) is 121 cm³/mol. The van der Waals surface area contributed by atoms with Gasteiger partial charge in [-0.2, -0.15) is 0 Å². The largest absolute Gasteiger partial charge is 0.394 e. The van der Waals surface area contributed by atoms with E-state index in [1.165, 1.54) is 24.3 Å². The molecule has 2 atom stereocenters. The number of non-ortho nitro benzene ring substituents is 1. The first-order valence-corrected chi connectivity index (χ1v) is 10.5. The SMILES string of the molecule is Cc1cc(N(CCCl)CCCl)ccc1C=N[C@@H](CO)[C@H](O)c1ccc([N+](=O)[O-])cc1. The highest BCUT2D eigenvalue weighted by Crippen LogP contribution is 2.23. The zero-order chi connectivity index (χ0) is 22.1. The van der Waals surface area contributed by atoms with Crippen molar-refractivity contribution in [3.8, 4) is 0 Å². The van der Waals surface area contributed by atoms with E-state index < -0.39 is 17.1 Å². The lowest BCUT2D eigenvalue weighted by Gasteiger charge is -2.23. The molecule has 0 unspecified atom stereocenters. The molecule has 0 spiro atoms. The molecule has 0 aliphatic carbocycles. The third-order valence-corrected chi connectivity index (χ3v) is 5.07. The van der Waals surface area contributed by atoms with Crippen LogP contribution >= 0.6 is 23.2 Å². The van der Waals surface area contributed by atoms with Crippen molar-refractivity contribution in [2.45, 2.75) is 19.1 Å². The van der Waals surface area contributed by atoms with Gasteiger partial charge in [-0.25, -0.2) is 0 Å². The molecule has 162 valence electrons. The van der Waals surface area contributed by atoms with Crippen LogP contribution in [0.15, 0.2) is 47.5 Å². The van der Waals surface area contributed by atoms with Gasteiger partial charge in [0.2, 0.25) is 0 Å². The summed E-state index contributed by atoms with van der Waals surface area (Å²) in [5, 5.41) is 31.0. The van der Waals surface area contributed by atoms with Crippen LogP contribution in [0, 0.1) is 17.0 Å². The monoisotopic (exact) mass is 453 g/mol. The molecule has 2 aromatic carbocycles. The number of alkyl halides is 2. The number of nitrogens with zero attached hydrogens (tertiary/aromatic N) is 3. The Labute approximate surface area is 185 Å². The summed E-state index contributed by atoms with van der Waals surface area (Å²) in [6, 6.07) is 10.6. The fraction of sp³-hybridized carbons (Fsp3) is 0.381. The number of aliphatic imine (C=N–C) groups is 1. The van der Waals surface area contributed by atoms with E-state index in [0.29, 0.717) is 30.4 Å². The van der Waals surface area contributed by atoms with Crippen LogP contribution in [0.3, 0.4) is 0 Å². The maximum atomic E-state index is 10.8. The number of rotatable bonds is 11. The first kappa shape index (κ1) is 24.1. The molecule has 2 aromatic rings. The maximum absolute atomic E-state index is 10.8. The number of halogens is 2. The molecular weight excluding hydrogens is 429 g/mol.